The van der Waals surface area contributed by atoms with E-state index in [1.54, 1.807) is 0 Å². The van der Waals surface area contributed by atoms with Crippen LogP contribution >= 0.6 is 11.6 Å². The van der Waals surface area contributed by atoms with Crippen molar-refractivity contribution in [1.29, 1.82) is 0 Å². The largest absolute Gasteiger partial charge is 0.312 e. The summed E-state index contributed by atoms with van der Waals surface area (Å²) in [5.41, 5.74) is 3.78. The van der Waals surface area contributed by atoms with E-state index in [0.29, 0.717) is 5.92 Å². The van der Waals surface area contributed by atoms with E-state index in [1.165, 1.54) is 16.8 Å². The van der Waals surface area contributed by atoms with Gasteiger partial charge < -0.3 is 5.32 Å². The van der Waals surface area contributed by atoms with Gasteiger partial charge in [-0.2, -0.15) is 5.10 Å². The second-order valence-corrected chi connectivity index (χ2v) is 5.86. The van der Waals surface area contributed by atoms with E-state index in [4.69, 9.17) is 11.6 Å². The first-order chi connectivity index (χ1) is 9.56. The van der Waals surface area contributed by atoms with Crippen LogP contribution in [0.5, 0.6) is 0 Å². The molecule has 0 unspecified atom stereocenters. The van der Waals surface area contributed by atoms with E-state index < -0.39 is 0 Å². The van der Waals surface area contributed by atoms with Gasteiger partial charge in [0.15, 0.2) is 0 Å². The highest BCUT2D eigenvalue weighted by Gasteiger charge is 2.10. The Balaban J connectivity index is 1.82. The molecule has 0 aliphatic heterocycles. The Morgan fingerprint density at radius 2 is 1.95 bits per heavy atom. The highest BCUT2D eigenvalue weighted by molar-refractivity contribution is 6.30. The summed E-state index contributed by atoms with van der Waals surface area (Å²) in [7, 11) is 1.98. The smallest absolute Gasteiger partial charge is 0.0694 e. The average Bonchev–Trinajstić information content (AvgIpc) is 2.78. The molecule has 1 N–H and O–H groups in total. The van der Waals surface area contributed by atoms with Crippen LogP contribution in [0.4, 0.5) is 0 Å². The van der Waals surface area contributed by atoms with Crippen LogP contribution in [0.3, 0.4) is 0 Å². The van der Waals surface area contributed by atoms with Crippen LogP contribution in [-0.4, -0.2) is 16.3 Å². The summed E-state index contributed by atoms with van der Waals surface area (Å²) in [5, 5.41) is 8.80. The van der Waals surface area contributed by atoms with Crippen molar-refractivity contribution in [2.24, 2.45) is 7.05 Å². The normalized spacial score (nSPS) is 11.2. The first kappa shape index (κ1) is 15.1. The molecule has 0 amide bonds. The van der Waals surface area contributed by atoms with Crippen LogP contribution in [0, 0.1) is 0 Å². The minimum Gasteiger partial charge on any atom is -0.312 e. The van der Waals surface area contributed by atoms with Gasteiger partial charge in [-0.3, -0.25) is 4.68 Å². The van der Waals surface area contributed by atoms with Crippen LogP contribution < -0.4 is 5.32 Å². The number of hydrogen-bond donors (Lipinski definition) is 1. The molecule has 1 aromatic carbocycles. The molecule has 0 bridgehead atoms. The number of hydrogen-bond acceptors (Lipinski definition) is 2. The predicted molar refractivity (Wildman–Crippen MR) is 84.2 cm³/mol. The van der Waals surface area contributed by atoms with E-state index in [0.717, 1.165) is 24.5 Å². The van der Waals surface area contributed by atoms with Gasteiger partial charge in [0.05, 0.1) is 5.69 Å². The molecule has 2 aromatic rings. The lowest BCUT2D eigenvalue weighted by Gasteiger charge is -2.07. The van der Waals surface area contributed by atoms with Crippen molar-refractivity contribution in [3.63, 3.8) is 0 Å². The van der Waals surface area contributed by atoms with Gasteiger partial charge in [0, 0.05) is 30.4 Å². The highest BCUT2D eigenvalue weighted by atomic mass is 35.5. The number of nitrogens with one attached hydrogen (secondary N) is 1. The Labute approximate surface area is 126 Å². The second-order valence-electron chi connectivity index (χ2n) is 5.42. The maximum atomic E-state index is 5.88. The van der Waals surface area contributed by atoms with Gasteiger partial charge in [-0.25, -0.2) is 0 Å². The van der Waals surface area contributed by atoms with Crippen molar-refractivity contribution in [1.82, 2.24) is 15.1 Å². The first-order valence-electron chi connectivity index (χ1n) is 7.04. The van der Waals surface area contributed by atoms with Crippen LogP contribution in [0.1, 0.15) is 36.6 Å². The monoisotopic (exact) mass is 291 g/mol. The third kappa shape index (κ3) is 4.09. The lowest BCUT2D eigenvalue weighted by molar-refractivity contribution is 0.674. The molecule has 0 saturated heterocycles. The zero-order valence-electron chi connectivity index (χ0n) is 12.4. The Morgan fingerprint density at radius 1 is 1.25 bits per heavy atom. The lowest BCUT2D eigenvalue weighted by atomic mass is 10.1. The fourth-order valence-corrected chi connectivity index (χ4v) is 2.41. The molecule has 1 heterocycles. The number of nitrogens with zero attached hydrogens (tertiary/aromatic N) is 2. The third-order valence-electron chi connectivity index (χ3n) is 3.30. The van der Waals surface area contributed by atoms with Crippen molar-refractivity contribution in [2.75, 3.05) is 6.54 Å². The van der Waals surface area contributed by atoms with Gasteiger partial charge in [0.2, 0.25) is 0 Å². The Hall–Kier alpha value is -1.32. The highest BCUT2D eigenvalue weighted by Crippen LogP contribution is 2.17. The fraction of sp³-hybridized carbons (Fsp3) is 0.438. The van der Waals surface area contributed by atoms with Crippen LogP contribution in [0.15, 0.2) is 30.5 Å². The quantitative estimate of drug-likeness (QED) is 0.825. The SMILES string of the molecule is CC(C)c1nn(C)cc1CNCCc1ccc(Cl)cc1. The van der Waals surface area contributed by atoms with E-state index in [2.05, 4.69) is 42.6 Å². The zero-order valence-corrected chi connectivity index (χ0v) is 13.1. The maximum Gasteiger partial charge on any atom is 0.0694 e. The van der Waals surface area contributed by atoms with Crippen molar-refractivity contribution in [3.8, 4) is 0 Å². The molecule has 0 radical (unpaired) electrons. The molecule has 108 valence electrons. The molecule has 0 spiro atoms. The first-order valence-corrected chi connectivity index (χ1v) is 7.41. The summed E-state index contributed by atoms with van der Waals surface area (Å²) >= 11 is 5.88. The molecule has 0 saturated carbocycles. The van der Waals surface area contributed by atoms with Crippen molar-refractivity contribution < 1.29 is 0 Å². The predicted octanol–water partition coefficient (Wildman–Crippen LogP) is 3.53. The molecule has 1 aromatic heterocycles. The maximum absolute atomic E-state index is 5.88. The second kappa shape index (κ2) is 6.91. The zero-order chi connectivity index (χ0) is 14.5. The standard InChI is InChI=1S/C16H22ClN3/c1-12(2)16-14(11-20(3)19-16)10-18-9-8-13-4-6-15(17)7-5-13/h4-7,11-12,18H,8-10H2,1-3H3. The lowest BCUT2D eigenvalue weighted by Crippen LogP contribution is -2.17. The van der Waals surface area contributed by atoms with Gasteiger partial charge in [0.1, 0.15) is 0 Å². The molecule has 0 atom stereocenters. The minimum atomic E-state index is 0.462. The summed E-state index contributed by atoms with van der Waals surface area (Å²) in [6, 6.07) is 8.03. The fourth-order valence-electron chi connectivity index (χ4n) is 2.28. The minimum absolute atomic E-state index is 0.462. The molecule has 4 heteroatoms. The van der Waals surface area contributed by atoms with Crippen molar-refractivity contribution >= 4 is 11.6 Å². The molecule has 20 heavy (non-hydrogen) atoms. The number of aryl methyl sites for hydroxylation is 1. The van der Waals surface area contributed by atoms with Gasteiger partial charge in [-0.15, -0.1) is 0 Å². The summed E-state index contributed by atoms with van der Waals surface area (Å²) in [5.74, 6) is 0.462. The summed E-state index contributed by atoms with van der Waals surface area (Å²) < 4.78 is 1.89. The van der Waals surface area contributed by atoms with Gasteiger partial charge in [-0.05, 0) is 36.6 Å². The molecular weight excluding hydrogens is 270 g/mol. The Morgan fingerprint density at radius 3 is 2.60 bits per heavy atom. The van der Waals surface area contributed by atoms with Crippen LogP contribution in [-0.2, 0) is 20.0 Å². The Bertz CT molecular complexity index is 543. The molecule has 0 aliphatic rings. The van der Waals surface area contributed by atoms with Crippen molar-refractivity contribution in [3.05, 3.63) is 52.3 Å². The number of benzene rings is 1. The molecule has 0 aliphatic carbocycles. The van der Waals surface area contributed by atoms with Gasteiger partial charge >= 0.3 is 0 Å². The van der Waals surface area contributed by atoms with Crippen LogP contribution in [0.2, 0.25) is 5.02 Å². The Kier molecular flexibility index (Phi) is 5.21. The molecule has 3 nitrogen and oxygen atoms in total. The summed E-state index contributed by atoms with van der Waals surface area (Å²) in [4.78, 5) is 0. The summed E-state index contributed by atoms with van der Waals surface area (Å²) in [6.45, 7) is 6.18. The van der Waals surface area contributed by atoms with E-state index in [1.807, 2.05) is 23.9 Å². The number of aromatic nitrogens is 2. The van der Waals surface area contributed by atoms with Gasteiger partial charge in [0.25, 0.3) is 0 Å². The third-order valence-corrected chi connectivity index (χ3v) is 3.56. The van der Waals surface area contributed by atoms with E-state index in [-0.39, 0.29) is 0 Å². The van der Waals surface area contributed by atoms with E-state index in [9.17, 15) is 0 Å². The van der Waals surface area contributed by atoms with Gasteiger partial charge in [-0.1, -0.05) is 37.6 Å². The van der Waals surface area contributed by atoms with Crippen molar-refractivity contribution in [2.45, 2.75) is 32.7 Å². The molecular formula is C16H22ClN3. The van der Waals surface area contributed by atoms with Crippen LogP contribution in [0.25, 0.3) is 0 Å². The molecule has 0 fully saturated rings. The van der Waals surface area contributed by atoms with E-state index >= 15 is 0 Å². The average molecular weight is 292 g/mol. The molecule has 2 rings (SSSR count). The number of rotatable bonds is 6. The number of halogens is 1. The topological polar surface area (TPSA) is 29.9 Å². The summed E-state index contributed by atoms with van der Waals surface area (Å²) in [6.07, 6.45) is 3.11.